The summed E-state index contributed by atoms with van der Waals surface area (Å²) in [7, 11) is 0. The van der Waals surface area contributed by atoms with E-state index in [2.05, 4.69) is 5.32 Å². The number of benzene rings is 1. The number of esters is 1. The van der Waals surface area contributed by atoms with Gasteiger partial charge in [-0.05, 0) is 30.0 Å². The van der Waals surface area contributed by atoms with Gasteiger partial charge in [0.15, 0.2) is 5.43 Å². The third-order valence-corrected chi connectivity index (χ3v) is 4.29. The Balaban J connectivity index is 2.21. The van der Waals surface area contributed by atoms with Gasteiger partial charge in [0.25, 0.3) is 0 Å². The molecule has 31 heavy (non-hydrogen) atoms. The average Bonchev–Trinajstić information content (AvgIpc) is 2.70. The van der Waals surface area contributed by atoms with Crippen molar-refractivity contribution in [1.82, 2.24) is 5.32 Å². The van der Waals surface area contributed by atoms with Crippen LogP contribution in [0.4, 0.5) is 4.79 Å². The molecule has 1 heterocycles. The van der Waals surface area contributed by atoms with Gasteiger partial charge in [-0.15, -0.1) is 0 Å². The fraction of sp³-hybridized carbons (Fsp3) is 0.478. The highest BCUT2D eigenvalue weighted by Gasteiger charge is 2.24. The highest BCUT2D eigenvalue weighted by molar-refractivity contribution is 5.82. The summed E-state index contributed by atoms with van der Waals surface area (Å²) in [5, 5.41) is 2.90. The van der Waals surface area contributed by atoms with Crippen molar-refractivity contribution >= 4 is 29.3 Å². The zero-order valence-electron chi connectivity index (χ0n) is 18.4. The molecule has 168 valence electrons. The number of carbonyl (C=O) groups excluding carboxylic acids is 3. The van der Waals surface area contributed by atoms with Gasteiger partial charge in [0.05, 0.1) is 18.6 Å². The highest BCUT2D eigenvalue weighted by atomic mass is 16.6. The van der Waals surface area contributed by atoms with Crippen LogP contribution in [0.3, 0.4) is 0 Å². The first-order valence-electron chi connectivity index (χ1n) is 10.2. The topological polar surface area (TPSA) is 112 Å². The highest BCUT2D eigenvalue weighted by Crippen LogP contribution is 2.17. The molecule has 0 saturated heterocycles. The molecule has 0 aliphatic carbocycles. The standard InChI is InChI=1S/C23H29NO7/c1-5-29-21(27)18(24-22(28)30-14-23(2,3)4)12-15-8-9-20-17(11-15)19(26)13-16(31-20)7-6-10-25/h8-11,13,18H,5-7,12,14H2,1-4H3,(H,24,28)/t18-/m0/s1. The van der Waals surface area contributed by atoms with Crippen LogP contribution in [-0.4, -0.2) is 37.6 Å². The van der Waals surface area contributed by atoms with E-state index in [4.69, 9.17) is 13.9 Å². The zero-order valence-corrected chi connectivity index (χ0v) is 18.4. The first-order valence-corrected chi connectivity index (χ1v) is 10.2. The molecule has 2 rings (SSSR count). The van der Waals surface area contributed by atoms with Gasteiger partial charge in [-0.25, -0.2) is 9.59 Å². The number of alkyl carbamates (subject to hydrolysis) is 1. The number of ether oxygens (including phenoxy) is 2. The maximum absolute atomic E-state index is 12.5. The summed E-state index contributed by atoms with van der Waals surface area (Å²) in [6.45, 7) is 7.81. The molecule has 0 radical (unpaired) electrons. The smallest absolute Gasteiger partial charge is 0.407 e. The largest absolute Gasteiger partial charge is 0.464 e. The normalized spacial score (nSPS) is 12.3. The number of aldehydes is 1. The van der Waals surface area contributed by atoms with Gasteiger partial charge in [0, 0.05) is 25.3 Å². The zero-order chi connectivity index (χ0) is 23.0. The van der Waals surface area contributed by atoms with Crippen LogP contribution in [0.15, 0.2) is 33.5 Å². The summed E-state index contributed by atoms with van der Waals surface area (Å²) < 4.78 is 15.9. The van der Waals surface area contributed by atoms with E-state index in [1.165, 1.54) is 6.07 Å². The van der Waals surface area contributed by atoms with Gasteiger partial charge >= 0.3 is 12.1 Å². The predicted octanol–water partition coefficient (Wildman–Crippen LogP) is 3.17. The quantitative estimate of drug-likeness (QED) is 0.479. The van der Waals surface area contributed by atoms with Gasteiger partial charge in [-0.1, -0.05) is 26.8 Å². The summed E-state index contributed by atoms with van der Waals surface area (Å²) in [5.74, 6) is -0.156. The second-order valence-corrected chi connectivity index (χ2v) is 8.40. The molecule has 0 aliphatic heterocycles. The fourth-order valence-corrected chi connectivity index (χ4v) is 2.84. The maximum atomic E-state index is 12.5. The number of amides is 1. The van der Waals surface area contributed by atoms with Crippen LogP contribution in [0.2, 0.25) is 0 Å². The summed E-state index contributed by atoms with van der Waals surface area (Å²) >= 11 is 0. The van der Waals surface area contributed by atoms with Crippen LogP contribution in [0.1, 0.15) is 45.4 Å². The first-order chi connectivity index (χ1) is 14.6. The van der Waals surface area contributed by atoms with E-state index in [0.29, 0.717) is 28.7 Å². The molecular weight excluding hydrogens is 402 g/mol. The van der Waals surface area contributed by atoms with Crippen molar-refractivity contribution in [3.8, 4) is 0 Å². The van der Waals surface area contributed by atoms with Crippen molar-refractivity contribution in [2.45, 2.75) is 53.0 Å². The molecule has 0 bridgehead atoms. The number of aryl methyl sites for hydroxylation is 1. The summed E-state index contributed by atoms with van der Waals surface area (Å²) in [4.78, 5) is 47.5. The molecule has 0 fully saturated rings. The fourth-order valence-electron chi connectivity index (χ4n) is 2.84. The minimum Gasteiger partial charge on any atom is -0.464 e. The van der Waals surface area contributed by atoms with E-state index in [1.807, 2.05) is 20.8 Å². The Bertz CT molecular complexity index is 988. The van der Waals surface area contributed by atoms with Gasteiger partial charge in [0.1, 0.15) is 23.7 Å². The van der Waals surface area contributed by atoms with Gasteiger partial charge in [-0.3, -0.25) is 4.79 Å². The lowest BCUT2D eigenvalue weighted by atomic mass is 9.99. The van der Waals surface area contributed by atoms with Crippen LogP contribution >= 0.6 is 0 Å². The lowest BCUT2D eigenvalue weighted by Crippen LogP contribution is -2.44. The Morgan fingerprint density at radius 2 is 1.94 bits per heavy atom. The summed E-state index contributed by atoms with van der Waals surface area (Å²) in [6.07, 6.45) is 0.786. The molecule has 2 aromatic rings. The number of hydrogen-bond donors (Lipinski definition) is 1. The Kier molecular flexibility index (Phi) is 8.36. The summed E-state index contributed by atoms with van der Waals surface area (Å²) in [6, 6.07) is 5.36. The van der Waals surface area contributed by atoms with Crippen LogP contribution < -0.4 is 10.7 Å². The molecule has 0 unspecified atom stereocenters. The second kappa shape index (κ2) is 10.7. The van der Waals surface area contributed by atoms with Gasteiger partial charge in [0.2, 0.25) is 0 Å². The molecule has 1 N–H and O–H groups in total. The third kappa shape index (κ3) is 7.55. The van der Waals surface area contributed by atoms with E-state index in [9.17, 15) is 19.2 Å². The van der Waals surface area contributed by atoms with Crippen molar-refractivity contribution in [2.24, 2.45) is 5.41 Å². The molecule has 1 aromatic heterocycles. The molecule has 0 saturated carbocycles. The maximum Gasteiger partial charge on any atom is 0.407 e. The van der Waals surface area contributed by atoms with Crippen molar-refractivity contribution in [3.63, 3.8) is 0 Å². The van der Waals surface area contributed by atoms with Crippen LogP contribution in [-0.2, 0) is 31.9 Å². The van der Waals surface area contributed by atoms with Crippen molar-refractivity contribution in [2.75, 3.05) is 13.2 Å². The Hall–Kier alpha value is -3.16. The number of nitrogens with one attached hydrogen (secondary N) is 1. The van der Waals surface area contributed by atoms with E-state index in [1.54, 1.807) is 25.1 Å². The number of hydrogen-bond acceptors (Lipinski definition) is 7. The molecule has 8 heteroatoms. The minimum atomic E-state index is -0.969. The molecule has 0 aliphatic rings. The number of carbonyl (C=O) groups is 3. The van der Waals surface area contributed by atoms with Crippen LogP contribution in [0.5, 0.6) is 0 Å². The SMILES string of the molecule is CCOC(=O)[C@H](Cc1ccc2oc(CCC=O)cc(=O)c2c1)NC(=O)OCC(C)(C)C. The number of rotatable bonds is 9. The second-order valence-electron chi connectivity index (χ2n) is 8.40. The van der Waals surface area contributed by atoms with E-state index in [-0.39, 0.29) is 36.9 Å². The molecular formula is C23H29NO7. The third-order valence-electron chi connectivity index (χ3n) is 4.29. The Morgan fingerprint density at radius 3 is 2.58 bits per heavy atom. The molecule has 0 spiro atoms. The van der Waals surface area contributed by atoms with E-state index in [0.717, 1.165) is 6.29 Å². The predicted molar refractivity (Wildman–Crippen MR) is 115 cm³/mol. The van der Waals surface area contributed by atoms with Crippen molar-refractivity contribution < 1.29 is 28.3 Å². The average molecular weight is 431 g/mol. The first kappa shape index (κ1) is 24.1. The molecule has 1 aromatic carbocycles. The molecule has 8 nitrogen and oxygen atoms in total. The molecule has 1 atom stereocenters. The monoisotopic (exact) mass is 431 g/mol. The van der Waals surface area contributed by atoms with E-state index < -0.39 is 18.1 Å². The Morgan fingerprint density at radius 1 is 1.19 bits per heavy atom. The van der Waals surface area contributed by atoms with Crippen LogP contribution in [0.25, 0.3) is 11.0 Å². The van der Waals surface area contributed by atoms with Crippen molar-refractivity contribution in [1.29, 1.82) is 0 Å². The number of fused-ring (bicyclic) bond motifs is 1. The minimum absolute atomic E-state index is 0.117. The summed E-state index contributed by atoms with van der Waals surface area (Å²) in [5.41, 5.74) is 0.583. The Labute approximate surface area is 180 Å². The van der Waals surface area contributed by atoms with E-state index >= 15 is 0 Å². The lowest BCUT2D eigenvalue weighted by molar-refractivity contribution is -0.145. The lowest BCUT2D eigenvalue weighted by Gasteiger charge is -2.21. The van der Waals surface area contributed by atoms with Crippen molar-refractivity contribution in [3.05, 3.63) is 45.8 Å². The van der Waals surface area contributed by atoms with Gasteiger partial charge in [-0.2, -0.15) is 0 Å². The van der Waals surface area contributed by atoms with Crippen LogP contribution in [0, 0.1) is 5.41 Å². The van der Waals surface area contributed by atoms with Gasteiger partial charge < -0.3 is 24.0 Å². The molecule has 1 amide bonds.